The third-order valence-corrected chi connectivity index (χ3v) is 3.14. The van der Waals surface area contributed by atoms with E-state index in [2.05, 4.69) is 12.2 Å². The molecule has 0 aromatic heterocycles. The Kier molecular flexibility index (Phi) is 7.93. The second kappa shape index (κ2) is 9.47. The van der Waals surface area contributed by atoms with Crippen molar-refractivity contribution in [3.8, 4) is 17.2 Å². The van der Waals surface area contributed by atoms with Crippen LogP contribution in [0.1, 0.15) is 25.8 Å². The molecule has 1 aromatic carbocycles. The zero-order chi connectivity index (χ0) is 15.7. The lowest BCUT2D eigenvalue weighted by atomic mass is 10.1. The highest BCUT2D eigenvalue weighted by molar-refractivity contribution is 5.53. The van der Waals surface area contributed by atoms with Crippen LogP contribution in [-0.4, -0.2) is 40.6 Å². The van der Waals surface area contributed by atoms with Gasteiger partial charge >= 0.3 is 0 Å². The average Bonchev–Trinajstić information content (AvgIpc) is 2.52. The molecule has 1 atom stereocenters. The first-order chi connectivity index (χ1) is 10.2. The molecule has 120 valence electrons. The lowest BCUT2D eigenvalue weighted by Crippen LogP contribution is -2.17. The van der Waals surface area contributed by atoms with Crippen molar-refractivity contribution in [3.05, 3.63) is 17.7 Å². The third kappa shape index (κ3) is 5.44. The van der Waals surface area contributed by atoms with Gasteiger partial charge in [0.1, 0.15) is 6.61 Å². The maximum Gasteiger partial charge on any atom is 0.203 e. The van der Waals surface area contributed by atoms with E-state index in [0.29, 0.717) is 23.9 Å². The average molecular weight is 297 g/mol. The van der Waals surface area contributed by atoms with Crippen LogP contribution in [0.4, 0.5) is 0 Å². The summed E-state index contributed by atoms with van der Waals surface area (Å²) in [4.78, 5) is 0. The molecule has 0 bridgehead atoms. The van der Waals surface area contributed by atoms with Gasteiger partial charge in [-0.1, -0.05) is 6.92 Å². The Labute approximate surface area is 127 Å². The number of methoxy groups -OCH3 is 3. The molecule has 0 saturated carbocycles. The van der Waals surface area contributed by atoms with Crippen molar-refractivity contribution < 1.29 is 18.9 Å². The summed E-state index contributed by atoms with van der Waals surface area (Å²) in [5.74, 6) is 1.96. The van der Waals surface area contributed by atoms with Gasteiger partial charge in [0, 0.05) is 13.7 Å². The van der Waals surface area contributed by atoms with Crippen molar-refractivity contribution in [2.24, 2.45) is 0 Å². The lowest BCUT2D eigenvalue weighted by Gasteiger charge is -2.18. The van der Waals surface area contributed by atoms with Crippen LogP contribution in [0.15, 0.2) is 12.1 Å². The second-order valence-corrected chi connectivity index (χ2v) is 4.86. The molecule has 5 nitrogen and oxygen atoms in total. The van der Waals surface area contributed by atoms with Crippen molar-refractivity contribution in [1.82, 2.24) is 5.32 Å². The van der Waals surface area contributed by atoms with E-state index in [0.717, 1.165) is 25.1 Å². The minimum Gasteiger partial charge on any atom is -0.493 e. The van der Waals surface area contributed by atoms with E-state index < -0.39 is 0 Å². The smallest absolute Gasteiger partial charge is 0.203 e. The fourth-order valence-corrected chi connectivity index (χ4v) is 1.86. The van der Waals surface area contributed by atoms with Crippen LogP contribution < -0.4 is 19.5 Å². The number of benzene rings is 1. The summed E-state index contributed by atoms with van der Waals surface area (Å²) in [6, 6.07) is 3.94. The summed E-state index contributed by atoms with van der Waals surface area (Å²) < 4.78 is 21.8. The van der Waals surface area contributed by atoms with Gasteiger partial charge in [-0.05, 0) is 37.6 Å². The van der Waals surface area contributed by atoms with Crippen LogP contribution >= 0.6 is 0 Å². The molecular weight excluding hydrogens is 270 g/mol. The number of hydrogen-bond acceptors (Lipinski definition) is 5. The second-order valence-electron chi connectivity index (χ2n) is 4.86. The van der Waals surface area contributed by atoms with Crippen LogP contribution in [-0.2, 0) is 11.3 Å². The minimum absolute atomic E-state index is 0.00492. The fourth-order valence-electron chi connectivity index (χ4n) is 1.86. The van der Waals surface area contributed by atoms with Crippen molar-refractivity contribution in [1.29, 1.82) is 0 Å². The monoisotopic (exact) mass is 297 g/mol. The summed E-state index contributed by atoms with van der Waals surface area (Å²) in [6.45, 7) is 6.28. The lowest BCUT2D eigenvalue weighted by molar-refractivity contribution is 0.0694. The van der Waals surface area contributed by atoms with Gasteiger partial charge in [0.25, 0.3) is 0 Å². The van der Waals surface area contributed by atoms with Gasteiger partial charge in [0.15, 0.2) is 11.5 Å². The summed E-state index contributed by atoms with van der Waals surface area (Å²) >= 11 is 0. The highest BCUT2D eigenvalue weighted by Gasteiger charge is 2.15. The Balaban J connectivity index is 2.90. The van der Waals surface area contributed by atoms with E-state index in [1.54, 1.807) is 21.3 Å². The Morgan fingerprint density at radius 3 is 2.19 bits per heavy atom. The summed E-state index contributed by atoms with van der Waals surface area (Å²) in [5.41, 5.74) is 1.10. The summed E-state index contributed by atoms with van der Waals surface area (Å²) in [5, 5.41) is 3.36. The Hall–Kier alpha value is -1.46. The molecular formula is C16H27NO4. The molecule has 0 aliphatic carbocycles. The largest absolute Gasteiger partial charge is 0.493 e. The molecule has 0 aliphatic rings. The molecule has 5 heteroatoms. The maximum atomic E-state index is 5.79. The van der Waals surface area contributed by atoms with E-state index in [-0.39, 0.29) is 6.10 Å². The molecule has 0 radical (unpaired) electrons. The molecule has 0 aliphatic heterocycles. The quantitative estimate of drug-likeness (QED) is 0.673. The van der Waals surface area contributed by atoms with E-state index in [1.807, 2.05) is 19.1 Å². The normalized spacial score (nSPS) is 12.0. The van der Waals surface area contributed by atoms with Gasteiger partial charge in [-0.2, -0.15) is 0 Å². The predicted octanol–water partition coefficient (Wildman–Crippen LogP) is 2.62. The van der Waals surface area contributed by atoms with E-state index in [1.165, 1.54) is 0 Å². The number of nitrogens with one attached hydrogen (secondary N) is 1. The Morgan fingerprint density at radius 2 is 1.71 bits per heavy atom. The molecule has 0 saturated heterocycles. The first kappa shape index (κ1) is 17.6. The zero-order valence-electron chi connectivity index (χ0n) is 13.7. The highest BCUT2D eigenvalue weighted by Crippen LogP contribution is 2.38. The first-order valence-corrected chi connectivity index (χ1v) is 7.27. The van der Waals surface area contributed by atoms with Crippen molar-refractivity contribution in [2.75, 3.05) is 34.5 Å². The van der Waals surface area contributed by atoms with Crippen LogP contribution in [0.25, 0.3) is 0 Å². The Bertz CT molecular complexity index is 398. The SMILES string of the molecule is CCCNCc1cc(OC)c(OCC(C)OC)c(OC)c1. The molecule has 1 rings (SSSR count). The minimum atomic E-state index is 0.00492. The van der Waals surface area contributed by atoms with Gasteiger partial charge < -0.3 is 24.3 Å². The molecule has 1 unspecified atom stereocenters. The fraction of sp³-hybridized carbons (Fsp3) is 0.625. The molecule has 0 fully saturated rings. The van der Waals surface area contributed by atoms with E-state index in [9.17, 15) is 0 Å². The molecule has 1 N–H and O–H groups in total. The number of ether oxygens (including phenoxy) is 4. The summed E-state index contributed by atoms with van der Waals surface area (Å²) in [7, 11) is 4.92. The standard InChI is InChI=1S/C16H27NO4/c1-6-7-17-10-13-8-14(19-4)16(15(9-13)20-5)21-11-12(2)18-3/h8-9,12,17H,6-7,10-11H2,1-5H3. The maximum absolute atomic E-state index is 5.79. The van der Waals surface area contributed by atoms with Crippen LogP contribution in [0.3, 0.4) is 0 Å². The topological polar surface area (TPSA) is 49.0 Å². The Morgan fingerprint density at radius 1 is 1.10 bits per heavy atom. The van der Waals surface area contributed by atoms with Gasteiger partial charge in [0.05, 0.1) is 20.3 Å². The molecule has 21 heavy (non-hydrogen) atoms. The zero-order valence-corrected chi connectivity index (χ0v) is 13.7. The number of rotatable bonds is 10. The molecule has 0 spiro atoms. The highest BCUT2D eigenvalue weighted by atomic mass is 16.6. The van der Waals surface area contributed by atoms with Gasteiger partial charge in [-0.25, -0.2) is 0 Å². The van der Waals surface area contributed by atoms with Crippen molar-refractivity contribution >= 4 is 0 Å². The van der Waals surface area contributed by atoms with Crippen LogP contribution in [0.5, 0.6) is 17.2 Å². The summed E-state index contributed by atoms with van der Waals surface area (Å²) in [6.07, 6.45) is 1.11. The van der Waals surface area contributed by atoms with Crippen molar-refractivity contribution in [3.63, 3.8) is 0 Å². The van der Waals surface area contributed by atoms with Gasteiger partial charge in [-0.15, -0.1) is 0 Å². The molecule has 0 heterocycles. The molecule has 1 aromatic rings. The van der Waals surface area contributed by atoms with E-state index >= 15 is 0 Å². The number of hydrogen-bond donors (Lipinski definition) is 1. The van der Waals surface area contributed by atoms with Gasteiger partial charge in [0.2, 0.25) is 5.75 Å². The van der Waals surface area contributed by atoms with Crippen LogP contribution in [0, 0.1) is 0 Å². The molecule has 0 amide bonds. The first-order valence-electron chi connectivity index (χ1n) is 7.27. The predicted molar refractivity (Wildman–Crippen MR) is 83.5 cm³/mol. The van der Waals surface area contributed by atoms with E-state index in [4.69, 9.17) is 18.9 Å². The van der Waals surface area contributed by atoms with Crippen LogP contribution in [0.2, 0.25) is 0 Å². The third-order valence-electron chi connectivity index (χ3n) is 3.14. The van der Waals surface area contributed by atoms with Gasteiger partial charge in [-0.3, -0.25) is 0 Å². The van der Waals surface area contributed by atoms with Crippen molar-refractivity contribution in [2.45, 2.75) is 32.9 Å².